The number of ether oxygens (including phenoxy) is 1. The summed E-state index contributed by atoms with van der Waals surface area (Å²) in [5, 5.41) is 26.5. The number of carbonyl (C=O) groups excluding carboxylic acids is 1. The molecule has 1 amide bonds. The van der Waals surface area contributed by atoms with Crippen LogP contribution >= 0.6 is 36.4 Å². The van der Waals surface area contributed by atoms with Crippen LogP contribution in [0.3, 0.4) is 0 Å². The van der Waals surface area contributed by atoms with Crippen molar-refractivity contribution in [3.05, 3.63) is 82.9 Å². The summed E-state index contributed by atoms with van der Waals surface area (Å²) >= 11 is 6.00. The van der Waals surface area contributed by atoms with Gasteiger partial charge in [-0.05, 0) is 85.2 Å². The molecule has 0 saturated heterocycles. The number of carbonyl (C=O) groups is 1. The topological polar surface area (TPSA) is 137 Å². The van der Waals surface area contributed by atoms with Crippen LogP contribution in [-0.4, -0.2) is 62.6 Å². The van der Waals surface area contributed by atoms with Gasteiger partial charge < -0.3 is 25.6 Å². The first kappa shape index (κ1) is 38.6. The van der Waals surface area contributed by atoms with E-state index in [0.29, 0.717) is 30.4 Å². The van der Waals surface area contributed by atoms with E-state index in [9.17, 15) is 18.3 Å². The van der Waals surface area contributed by atoms with Crippen LogP contribution in [0.4, 0.5) is 5.69 Å². The summed E-state index contributed by atoms with van der Waals surface area (Å²) < 4.78 is 33.0. The molecule has 3 aromatic carbocycles. The van der Waals surface area contributed by atoms with Crippen molar-refractivity contribution in [2.45, 2.75) is 50.7 Å². The first-order chi connectivity index (χ1) is 20.7. The number of nitrogens with one attached hydrogen (secondary N) is 3. The molecule has 1 fully saturated rings. The minimum atomic E-state index is -3.88. The van der Waals surface area contributed by atoms with Crippen LogP contribution in [-0.2, 0) is 10.0 Å². The molecule has 1 atom stereocenters. The zero-order valence-corrected chi connectivity index (χ0v) is 28.1. The lowest BCUT2D eigenvalue weighted by Crippen LogP contribution is -2.33. The molecule has 3 aromatic rings. The Bertz CT molecular complexity index is 1450. The third kappa shape index (κ3) is 12.3. The van der Waals surface area contributed by atoms with Crippen molar-refractivity contribution in [2.75, 3.05) is 37.3 Å². The van der Waals surface area contributed by atoms with Crippen molar-refractivity contribution in [1.82, 2.24) is 10.0 Å². The Kier molecular flexibility index (Phi) is 16.5. The van der Waals surface area contributed by atoms with Gasteiger partial charge in [-0.25, -0.2) is 13.1 Å². The highest BCUT2D eigenvalue weighted by molar-refractivity contribution is 7.90. The molecule has 5 N–H and O–H groups in total. The molecular weight excluding hydrogens is 661 g/mol. The summed E-state index contributed by atoms with van der Waals surface area (Å²) in [6.45, 7) is 1.45. The molecule has 1 aliphatic carbocycles. The molecule has 248 valence electrons. The van der Waals surface area contributed by atoms with E-state index < -0.39 is 22.0 Å². The lowest BCUT2D eigenvalue weighted by atomic mass is 9.97. The Balaban J connectivity index is 0.00000353. The van der Waals surface area contributed by atoms with Crippen LogP contribution in [0, 0.1) is 0 Å². The lowest BCUT2D eigenvalue weighted by Gasteiger charge is -2.24. The van der Waals surface area contributed by atoms with Crippen LogP contribution < -0.4 is 20.1 Å². The normalized spacial score (nSPS) is 14.0. The van der Waals surface area contributed by atoms with Crippen molar-refractivity contribution < 1.29 is 28.2 Å². The van der Waals surface area contributed by atoms with Crippen LogP contribution in [0.2, 0.25) is 5.02 Å². The van der Waals surface area contributed by atoms with Gasteiger partial charge in [-0.15, -0.1) is 24.8 Å². The summed E-state index contributed by atoms with van der Waals surface area (Å²) in [5.74, 6) is -0.732. The van der Waals surface area contributed by atoms with E-state index in [1.165, 1.54) is 0 Å². The Morgan fingerprint density at radius 2 is 1.67 bits per heavy atom. The molecule has 0 unspecified atom stereocenters. The molecule has 1 saturated carbocycles. The Hall–Kier alpha value is -2.57. The predicted molar refractivity (Wildman–Crippen MR) is 185 cm³/mol. The molecule has 45 heavy (non-hydrogen) atoms. The van der Waals surface area contributed by atoms with Crippen molar-refractivity contribution in [3.8, 4) is 16.9 Å². The molecule has 4 rings (SSSR count). The van der Waals surface area contributed by atoms with E-state index in [1.54, 1.807) is 30.3 Å². The number of hydrogen-bond donors (Lipinski definition) is 5. The molecule has 0 radical (unpaired) electrons. The minimum absolute atomic E-state index is 0. The summed E-state index contributed by atoms with van der Waals surface area (Å²) in [4.78, 5) is 13.0. The van der Waals surface area contributed by atoms with Crippen molar-refractivity contribution >= 4 is 58.0 Å². The number of anilines is 1. The van der Waals surface area contributed by atoms with Crippen LogP contribution in [0.1, 0.15) is 60.6 Å². The highest BCUT2D eigenvalue weighted by Gasteiger charge is 2.23. The van der Waals surface area contributed by atoms with Crippen LogP contribution in [0.25, 0.3) is 11.1 Å². The smallest absolute Gasteiger partial charge is 0.268 e. The number of sulfonamides is 1. The third-order valence-electron chi connectivity index (χ3n) is 7.31. The maximum atomic E-state index is 13.0. The third-order valence-corrected chi connectivity index (χ3v) is 8.87. The number of benzene rings is 3. The minimum Gasteiger partial charge on any atom is -0.490 e. The average molecular weight is 703 g/mol. The highest BCUT2D eigenvalue weighted by atomic mass is 35.5. The Morgan fingerprint density at radius 3 is 2.36 bits per heavy atom. The quantitative estimate of drug-likeness (QED) is 0.127. The predicted octanol–water partition coefficient (Wildman–Crippen LogP) is 5.74. The number of halogens is 3. The summed E-state index contributed by atoms with van der Waals surface area (Å²) in [7, 11) is -3.88. The van der Waals surface area contributed by atoms with Gasteiger partial charge in [0.25, 0.3) is 5.91 Å². The van der Waals surface area contributed by atoms with Gasteiger partial charge in [0.05, 0.1) is 23.5 Å². The second-order valence-corrected chi connectivity index (χ2v) is 13.0. The summed E-state index contributed by atoms with van der Waals surface area (Å²) in [6.07, 6.45) is 4.39. The van der Waals surface area contributed by atoms with E-state index in [-0.39, 0.29) is 55.3 Å². The number of hydrogen-bond acceptors (Lipinski definition) is 8. The lowest BCUT2D eigenvalue weighted by molar-refractivity contribution is 0.0969. The van der Waals surface area contributed by atoms with Crippen LogP contribution in [0.5, 0.6) is 5.75 Å². The summed E-state index contributed by atoms with van der Waals surface area (Å²) in [5.41, 5.74) is 3.63. The van der Waals surface area contributed by atoms with E-state index >= 15 is 0 Å². The molecule has 0 bridgehead atoms. The molecular formula is C32H42Cl3N3O6S. The molecule has 0 spiro atoms. The SMILES string of the molecule is Cl.Cl.O=C(NS(=O)(=O)CCCO)c1ccc(-c2ccc(NCCNC[C@@H](O)c3cccc(Cl)c3)cc2)cc1OC1CCCCC1. The van der Waals surface area contributed by atoms with Gasteiger partial charge in [0.2, 0.25) is 10.0 Å². The molecule has 9 nitrogen and oxygen atoms in total. The van der Waals surface area contributed by atoms with Crippen molar-refractivity contribution in [1.29, 1.82) is 0 Å². The summed E-state index contributed by atoms with van der Waals surface area (Å²) in [6, 6.07) is 20.2. The molecule has 1 aliphatic rings. The second kappa shape index (κ2) is 19.2. The monoisotopic (exact) mass is 701 g/mol. The van der Waals surface area contributed by atoms with E-state index in [4.69, 9.17) is 21.4 Å². The van der Waals surface area contributed by atoms with Gasteiger partial charge >= 0.3 is 0 Å². The average Bonchev–Trinajstić information content (AvgIpc) is 3.00. The maximum Gasteiger partial charge on any atom is 0.268 e. The maximum absolute atomic E-state index is 13.0. The fourth-order valence-corrected chi connectivity index (χ4v) is 6.20. The Morgan fingerprint density at radius 1 is 0.956 bits per heavy atom. The van der Waals surface area contributed by atoms with Gasteiger partial charge in [-0.3, -0.25) is 4.79 Å². The standard InChI is InChI=1S/C32H40ClN3O6S.2ClH/c33-26-7-4-6-25(20-26)30(38)22-34-16-17-35-27-13-10-23(11-14-27)24-12-15-29(32(39)36-43(40,41)19-5-18-37)31(21-24)42-28-8-2-1-3-9-28;;/h4,6-7,10-15,20-21,28,30,34-35,37-38H,1-3,5,8-9,16-19,22H2,(H,36,39);2*1H/t30-;;/m1../s1. The van der Waals surface area contributed by atoms with E-state index in [0.717, 1.165) is 54.5 Å². The largest absolute Gasteiger partial charge is 0.490 e. The fraction of sp³-hybridized carbons (Fsp3) is 0.406. The number of amides is 1. The molecule has 0 aromatic heterocycles. The highest BCUT2D eigenvalue weighted by Crippen LogP contribution is 2.31. The fourth-order valence-electron chi connectivity index (χ4n) is 5.00. The van der Waals surface area contributed by atoms with Gasteiger partial charge in [-0.2, -0.15) is 0 Å². The zero-order chi connectivity index (χ0) is 30.7. The van der Waals surface area contributed by atoms with E-state index in [2.05, 4.69) is 15.4 Å². The van der Waals surface area contributed by atoms with Gasteiger partial charge in [0.1, 0.15) is 5.75 Å². The zero-order valence-electron chi connectivity index (χ0n) is 24.9. The number of aliphatic hydroxyl groups excluding tert-OH is 2. The van der Waals surface area contributed by atoms with Gasteiger partial charge in [-0.1, -0.05) is 48.4 Å². The van der Waals surface area contributed by atoms with Crippen molar-refractivity contribution in [2.24, 2.45) is 0 Å². The molecule has 0 heterocycles. The molecule has 0 aliphatic heterocycles. The van der Waals surface area contributed by atoms with Gasteiger partial charge in [0.15, 0.2) is 0 Å². The molecule has 13 heteroatoms. The van der Waals surface area contributed by atoms with Crippen LogP contribution in [0.15, 0.2) is 66.7 Å². The first-order valence-electron chi connectivity index (χ1n) is 14.7. The number of aliphatic hydroxyl groups is 2. The van der Waals surface area contributed by atoms with Gasteiger partial charge in [0, 0.05) is 37.0 Å². The number of rotatable bonds is 15. The Labute approximate surface area is 283 Å². The van der Waals surface area contributed by atoms with Crippen molar-refractivity contribution in [3.63, 3.8) is 0 Å². The first-order valence-corrected chi connectivity index (χ1v) is 16.7. The van der Waals surface area contributed by atoms with E-state index in [1.807, 2.05) is 36.4 Å². The second-order valence-electron chi connectivity index (χ2n) is 10.7.